The number of carbonyl (C=O) groups excluding carboxylic acids is 1. The predicted octanol–water partition coefficient (Wildman–Crippen LogP) is 3.60. The maximum absolute atomic E-state index is 13.2. The van der Waals surface area contributed by atoms with E-state index in [1.807, 2.05) is 36.2 Å². The second-order valence-corrected chi connectivity index (χ2v) is 7.08. The van der Waals surface area contributed by atoms with Gasteiger partial charge in [-0.15, -0.1) is 0 Å². The second kappa shape index (κ2) is 6.03. The molecule has 0 bridgehead atoms. The zero-order chi connectivity index (χ0) is 17.4. The Kier molecular flexibility index (Phi) is 3.83. The Labute approximate surface area is 147 Å². The molecule has 0 spiro atoms. The molecule has 25 heavy (non-hydrogen) atoms. The van der Waals surface area contributed by atoms with Gasteiger partial charge >= 0.3 is 0 Å². The van der Waals surface area contributed by atoms with E-state index in [9.17, 15) is 4.79 Å². The first-order valence-corrected chi connectivity index (χ1v) is 8.84. The van der Waals surface area contributed by atoms with Crippen LogP contribution in [0.25, 0.3) is 10.9 Å². The highest BCUT2D eigenvalue weighted by molar-refractivity contribution is 5.98. The fraction of sp³-hybridized carbons (Fsp3) is 0.333. The summed E-state index contributed by atoms with van der Waals surface area (Å²) in [5.41, 5.74) is 4.31. The van der Waals surface area contributed by atoms with E-state index in [0.29, 0.717) is 0 Å². The van der Waals surface area contributed by atoms with Crippen LogP contribution in [-0.2, 0) is 16.6 Å². The number of carbonyl (C=O) groups is 1. The molecule has 4 rings (SSSR count). The molecule has 1 saturated carbocycles. The first-order valence-electron chi connectivity index (χ1n) is 8.84. The second-order valence-electron chi connectivity index (χ2n) is 7.08. The molecule has 1 N–H and O–H groups in total. The lowest BCUT2D eigenvalue weighted by molar-refractivity contribution is -0.132. The van der Waals surface area contributed by atoms with Gasteiger partial charge in [0, 0.05) is 42.6 Å². The van der Waals surface area contributed by atoms with Gasteiger partial charge in [-0.3, -0.25) is 9.78 Å². The molecule has 1 aliphatic rings. The third-order valence-corrected chi connectivity index (χ3v) is 5.36. The lowest BCUT2D eigenvalue weighted by Gasteiger charge is -2.24. The molecule has 0 aliphatic heterocycles. The van der Waals surface area contributed by atoms with E-state index >= 15 is 0 Å². The number of para-hydroxylation sites is 1. The normalized spacial score (nSPS) is 15.3. The summed E-state index contributed by atoms with van der Waals surface area (Å²) in [6, 6.07) is 12.3. The van der Waals surface area contributed by atoms with Crippen LogP contribution in [0.5, 0.6) is 0 Å². The number of rotatable bonds is 5. The minimum absolute atomic E-state index is 0.245. The van der Waals surface area contributed by atoms with Crippen molar-refractivity contribution < 1.29 is 4.79 Å². The van der Waals surface area contributed by atoms with Crippen molar-refractivity contribution in [2.45, 2.75) is 31.6 Å². The fourth-order valence-electron chi connectivity index (χ4n) is 3.90. The maximum Gasteiger partial charge on any atom is 0.233 e. The number of aryl methyl sites for hydroxylation is 1. The number of aromatic nitrogens is 2. The maximum atomic E-state index is 13.2. The number of nitrogens with zero attached hydrogens (tertiary/aromatic N) is 2. The topological polar surface area (TPSA) is 49.0 Å². The molecule has 0 unspecified atom stereocenters. The van der Waals surface area contributed by atoms with Crippen molar-refractivity contribution in [3.05, 3.63) is 65.6 Å². The first-order chi connectivity index (χ1) is 12.1. The smallest absolute Gasteiger partial charge is 0.233 e. The number of H-pyrrole nitrogens is 1. The average molecular weight is 333 g/mol. The van der Waals surface area contributed by atoms with Crippen molar-refractivity contribution in [3.63, 3.8) is 0 Å². The molecular formula is C21H23N3O. The summed E-state index contributed by atoms with van der Waals surface area (Å²) in [4.78, 5) is 22.6. The largest absolute Gasteiger partial charge is 0.358 e. The fourth-order valence-corrected chi connectivity index (χ4v) is 3.90. The van der Waals surface area contributed by atoms with E-state index in [1.165, 1.54) is 16.5 Å². The highest BCUT2D eigenvalue weighted by Crippen LogP contribution is 2.52. The molecule has 1 fully saturated rings. The number of benzene rings is 1. The van der Waals surface area contributed by atoms with Crippen LogP contribution in [0.1, 0.15) is 29.7 Å². The van der Waals surface area contributed by atoms with Crippen LogP contribution in [0, 0.1) is 6.92 Å². The van der Waals surface area contributed by atoms with Gasteiger partial charge in [0.2, 0.25) is 5.91 Å². The molecule has 0 atom stereocenters. The number of likely N-dealkylation sites (N-methyl/N-ethyl adjacent to an activating group) is 1. The molecule has 1 aromatic carbocycles. The Morgan fingerprint density at radius 1 is 1.20 bits per heavy atom. The van der Waals surface area contributed by atoms with Gasteiger partial charge in [-0.25, -0.2) is 0 Å². The number of amides is 1. The van der Waals surface area contributed by atoms with Crippen LogP contribution in [0.15, 0.2) is 48.8 Å². The van der Waals surface area contributed by atoms with Crippen molar-refractivity contribution in [3.8, 4) is 0 Å². The third kappa shape index (κ3) is 2.72. The molecule has 2 heterocycles. The van der Waals surface area contributed by atoms with E-state index in [2.05, 4.69) is 29.0 Å². The molecule has 128 valence electrons. The molecule has 1 amide bonds. The lowest BCUT2D eigenvalue weighted by Crippen LogP contribution is -2.38. The zero-order valence-electron chi connectivity index (χ0n) is 14.7. The molecule has 4 nitrogen and oxygen atoms in total. The summed E-state index contributed by atoms with van der Waals surface area (Å²) in [7, 11) is 1.92. The van der Waals surface area contributed by atoms with Crippen molar-refractivity contribution in [1.82, 2.24) is 14.9 Å². The minimum Gasteiger partial charge on any atom is -0.358 e. The predicted molar refractivity (Wildman–Crippen MR) is 99.5 cm³/mol. The van der Waals surface area contributed by atoms with E-state index < -0.39 is 0 Å². The Balaban J connectivity index is 1.57. The Bertz CT molecular complexity index is 909. The number of fused-ring (bicyclic) bond motifs is 1. The summed E-state index contributed by atoms with van der Waals surface area (Å²) in [5, 5.41) is 1.19. The summed E-state index contributed by atoms with van der Waals surface area (Å²) >= 11 is 0. The molecule has 2 aromatic heterocycles. The molecule has 0 radical (unpaired) electrons. The van der Waals surface area contributed by atoms with Gasteiger partial charge in [0.25, 0.3) is 0 Å². The lowest BCUT2D eigenvalue weighted by atomic mass is 9.91. The summed E-state index contributed by atoms with van der Waals surface area (Å²) in [6.07, 6.45) is 6.33. The quantitative estimate of drug-likeness (QED) is 0.775. The van der Waals surface area contributed by atoms with Crippen molar-refractivity contribution in [2.75, 3.05) is 13.6 Å². The van der Waals surface area contributed by atoms with Gasteiger partial charge in [-0.05, 0) is 55.5 Å². The van der Waals surface area contributed by atoms with Gasteiger partial charge in [-0.2, -0.15) is 0 Å². The SMILES string of the molecule is Cc1[nH]c2ccccc2c1C1(C(=O)N(C)CCc2ccncc2)CC1. The van der Waals surface area contributed by atoms with Crippen LogP contribution in [0.3, 0.4) is 0 Å². The monoisotopic (exact) mass is 333 g/mol. The van der Waals surface area contributed by atoms with E-state index in [4.69, 9.17) is 0 Å². The molecule has 4 heteroatoms. The van der Waals surface area contributed by atoms with Crippen LogP contribution in [0.2, 0.25) is 0 Å². The van der Waals surface area contributed by atoms with E-state index in [0.717, 1.165) is 37.0 Å². The van der Waals surface area contributed by atoms with Crippen molar-refractivity contribution >= 4 is 16.8 Å². The molecule has 3 aromatic rings. The zero-order valence-corrected chi connectivity index (χ0v) is 14.7. The molecular weight excluding hydrogens is 310 g/mol. The Morgan fingerprint density at radius 2 is 1.92 bits per heavy atom. The Hall–Kier alpha value is -2.62. The number of nitrogens with one attached hydrogen (secondary N) is 1. The Morgan fingerprint density at radius 3 is 2.64 bits per heavy atom. The van der Waals surface area contributed by atoms with Gasteiger partial charge < -0.3 is 9.88 Å². The highest BCUT2D eigenvalue weighted by atomic mass is 16.2. The van der Waals surface area contributed by atoms with Gasteiger partial charge in [0.05, 0.1) is 5.41 Å². The van der Waals surface area contributed by atoms with Gasteiger partial charge in [0.15, 0.2) is 0 Å². The van der Waals surface area contributed by atoms with Crippen LogP contribution < -0.4 is 0 Å². The molecule has 1 aliphatic carbocycles. The number of pyridine rings is 1. The first kappa shape index (κ1) is 15.9. The summed E-state index contributed by atoms with van der Waals surface area (Å²) < 4.78 is 0. The summed E-state index contributed by atoms with van der Waals surface area (Å²) in [6.45, 7) is 2.81. The third-order valence-electron chi connectivity index (χ3n) is 5.36. The van der Waals surface area contributed by atoms with Gasteiger partial charge in [-0.1, -0.05) is 18.2 Å². The number of hydrogen-bond donors (Lipinski definition) is 1. The minimum atomic E-state index is -0.337. The summed E-state index contributed by atoms with van der Waals surface area (Å²) in [5.74, 6) is 0.245. The standard InChI is InChI=1S/C21H23N3O/c1-15-19(17-5-3-4-6-18(17)23-15)21(10-11-21)20(25)24(2)14-9-16-7-12-22-13-8-16/h3-8,12-13,23H,9-11,14H2,1-2H3. The van der Waals surface area contributed by atoms with Crippen molar-refractivity contribution in [1.29, 1.82) is 0 Å². The van der Waals surface area contributed by atoms with Gasteiger partial charge in [0.1, 0.15) is 0 Å². The molecule has 0 saturated heterocycles. The van der Waals surface area contributed by atoms with Crippen LogP contribution >= 0.6 is 0 Å². The highest BCUT2D eigenvalue weighted by Gasteiger charge is 2.54. The van der Waals surface area contributed by atoms with E-state index in [-0.39, 0.29) is 11.3 Å². The van der Waals surface area contributed by atoms with Crippen molar-refractivity contribution in [2.24, 2.45) is 0 Å². The average Bonchev–Trinajstić information content (AvgIpc) is 3.36. The number of hydrogen-bond acceptors (Lipinski definition) is 2. The number of aromatic amines is 1. The van der Waals surface area contributed by atoms with Crippen LogP contribution in [0.4, 0.5) is 0 Å². The van der Waals surface area contributed by atoms with Crippen LogP contribution in [-0.4, -0.2) is 34.4 Å². The van der Waals surface area contributed by atoms with E-state index in [1.54, 1.807) is 12.4 Å².